The van der Waals surface area contributed by atoms with Gasteiger partial charge < -0.3 is 4.18 Å². The Morgan fingerprint density at radius 1 is 1.00 bits per heavy atom. The molecule has 0 spiro atoms. The number of nitrogens with zero attached hydrogens (tertiary/aromatic N) is 2. The summed E-state index contributed by atoms with van der Waals surface area (Å²) in [7, 11) is -4.31. The second-order valence-electron chi connectivity index (χ2n) is 4.55. The smallest absolute Gasteiger partial charge is 0.339 e. The van der Waals surface area contributed by atoms with Crippen molar-refractivity contribution in [3.8, 4) is 17.9 Å². The lowest BCUT2D eigenvalue weighted by atomic mass is 10.1. The largest absolute Gasteiger partial charge is 0.377 e. The maximum absolute atomic E-state index is 12.6. The lowest BCUT2D eigenvalue weighted by molar-refractivity contribution is 0.486. The van der Waals surface area contributed by atoms with Crippen LogP contribution < -0.4 is 4.18 Å². The van der Waals surface area contributed by atoms with Crippen LogP contribution in [0.1, 0.15) is 5.56 Å². The molecule has 0 heterocycles. The van der Waals surface area contributed by atoms with E-state index >= 15 is 0 Å². The van der Waals surface area contributed by atoms with Crippen LogP contribution in [0.15, 0.2) is 46.9 Å². The van der Waals surface area contributed by atoms with Crippen molar-refractivity contribution in [2.24, 2.45) is 0 Å². The normalized spacial score (nSPS) is 10.4. The molecule has 2 rings (SSSR count). The minimum Gasteiger partial charge on any atom is -0.377 e. The van der Waals surface area contributed by atoms with Crippen LogP contribution in [0.2, 0.25) is 15.1 Å². The summed E-state index contributed by atoms with van der Waals surface area (Å²) in [4.78, 5) is -0.236. The molecule has 2 aromatic carbocycles. The molecule has 2 aromatic rings. The first kappa shape index (κ1) is 19.1. The van der Waals surface area contributed by atoms with Gasteiger partial charge in [0.2, 0.25) is 0 Å². The Balaban J connectivity index is 2.53. The van der Waals surface area contributed by atoms with E-state index in [1.54, 1.807) is 18.2 Å². The number of hydrogen-bond acceptors (Lipinski definition) is 5. The molecule has 126 valence electrons. The lowest BCUT2D eigenvalue weighted by Gasteiger charge is -2.11. The first-order chi connectivity index (χ1) is 11.8. The van der Waals surface area contributed by atoms with E-state index in [-0.39, 0.29) is 36.8 Å². The van der Waals surface area contributed by atoms with Gasteiger partial charge in [-0.2, -0.15) is 18.9 Å². The first-order valence-corrected chi connectivity index (χ1v) is 9.02. The Labute approximate surface area is 159 Å². The van der Waals surface area contributed by atoms with Gasteiger partial charge in [0, 0.05) is 6.07 Å². The molecule has 5 nitrogen and oxygen atoms in total. The standard InChI is InChI=1S/C16H7Cl3N2O3S/c17-12-6-14(19)15(7-13(12)18)24-25(22,23)16-4-2-1-3-11(16)5-10(8-20)9-21/h1-7H. The Bertz CT molecular complexity index is 1040. The molecule has 0 fully saturated rings. The minimum atomic E-state index is -4.31. The molecular formula is C16H7Cl3N2O3S. The minimum absolute atomic E-state index is 0.0410. The quantitative estimate of drug-likeness (QED) is 0.406. The van der Waals surface area contributed by atoms with E-state index in [4.69, 9.17) is 49.5 Å². The molecule has 0 aliphatic rings. The molecule has 25 heavy (non-hydrogen) atoms. The fourth-order valence-electron chi connectivity index (χ4n) is 1.80. The van der Waals surface area contributed by atoms with Crippen molar-refractivity contribution in [3.63, 3.8) is 0 Å². The zero-order valence-corrected chi connectivity index (χ0v) is 15.3. The summed E-state index contributed by atoms with van der Waals surface area (Å²) in [5.74, 6) is -0.198. The first-order valence-electron chi connectivity index (χ1n) is 6.48. The van der Waals surface area contributed by atoms with Gasteiger partial charge in [-0.1, -0.05) is 53.0 Å². The van der Waals surface area contributed by atoms with Gasteiger partial charge in [0.1, 0.15) is 22.6 Å². The average Bonchev–Trinajstić information content (AvgIpc) is 2.57. The zero-order chi connectivity index (χ0) is 18.6. The van der Waals surface area contributed by atoms with Gasteiger partial charge >= 0.3 is 10.1 Å². The molecule has 0 aliphatic carbocycles. The summed E-state index contributed by atoms with van der Waals surface area (Å²) < 4.78 is 30.2. The molecule has 0 atom stereocenters. The van der Waals surface area contributed by atoms with E-state index in [0.29, 0.717) is 0 Å². The Hall–Kier alpha value is -2.22. The third-order valence-electron chi connectivity index (χ3n) is 2.90. The number of halogens is 3. The SMILES string of the molecule is N#CC(C#N)=Cc1ccccc1S(=O)(=O)Oc1cc(Cl)c(Cl)cc1Cl. The fourth-order valence-corrected chi connectivity index (χ4v) is 3.55. The van der Waals surface area contributed by atoms with E-state index in [9.17, 15) is 8.42 Å². The maximum atomic E-state index is 12.6. The fraction of sp³-hybridized carbons (Fsp3) is 0. The van der Waals surface area contributed by atoms with Crippen LogP contribution in [-0.4, -0.2) is 8.42 Å². The van der Waals surface area contributed by atoms with Crippen molar-refractivity contribution in [2.45, 2.75) is 4.90 Å². The molecule has 0 saturated carbocycles. The summed E-state index contributed by atoms with van der Waals surface area (Å²) in [6, 6.07) is 11.5. The third-order valence-corrected chi connectivity index (χ3v) is 5.23. The summed E-state index contributed by atoms with van der Waals surface area (Å²) in [6.07, 6.45) is 1.15. The number of allylic oxidation sites excluding steroid dienone is 1. The van der Waals surface area contributed by atoms with Gasteiger partial charge in [0.15, 0.2) is 5.75 Å². The summed E-state index contributed by atoms with van der Waals surface area (Å²) in [6.45, 7) is 0. The molecule has 0 unspecified atom stereocenters. The van der Waals surface area contributed by atoms with Crippen molar-refractivity contribution in [1.82, 2.24) is 0 Å². The Morgan fingerprint density at radius 3 is 2.24 bits per heavy atom. The zero-order valence-electron chi connectivity index (χ0n) is 12.2. The van der Waals surface area contributed by atoms with E-state index in [1.807, 2.05) is 0 Å². The number of nitriles is 2. The van der Waals surface area contributed by atoms with Gasteiger partial charge in [-0.15, -0.1) is 0 Å². The number of rotatable bonds is 4. The van der Waals surface area contributed by atoms with Crippen LogP contribution in [0.4, 0.5) is 0 Å². The molecular weight excluding hydrogens is 407 g/mol. The van der Waals surface area contributed by atoms with Crippen molar-refractivity contribution in [3.05, 3.63) is 62.6 Å². The van der Waals surface area contributed by atoms with Crippen LogP contribution in [-0.2, 0) is 10.1 Å². The van der Waals surface area contributed by atoms with E-state index in [2.05, 4.69) is 0 Å². The molecule has 0 saturated heterocycles. The third kappa shape index (κ3) is 4.45. The van der Waals surface area contributed by atoms with Crippen molar-refractivity contribution < 1.29 is 12.6 Å². The van der Waals surface area contributed by atoms with Crippen molar-refractivity contribution in [2.75, 3.05) is 0 Å². The summed E-state index contributed by atoms with van der Waals surface area (Å²) in [5.41, 5.74) is -0.132. The van der Waals surface area contributed by atoms with Crippen LogP contribution in [0.5, 0.6) is 5.75 Å². The van der Waals surface area contributed by atoms with Crippen molar-refractivity contribution in [1.29, 1.82) is 10.5 Å². The van der Waals surface area contributed by atoms with Gasteiger partial charge in [-0.05, 0) is 23.8 Å². The van der Waals surface area contributed by atoms with Crippen LogP contribution in [0.3, 0.4) is 0 Å². The van der Waals surface area contributed by atoms with Crippen LogP contribution >= 0.6 is 34.8 Å². The van der Waals surface area contributed by atoms with Gasteiger partial charge in [0.25, 0.3) is 0 Å². The number of benzene rings is 2. The van der Waals surface area contributed by atoms with Crippen molar-refractivity contribution >= 4 is 51.0 Å². The van der Waals surface area contributed by atoms with Crippen LogP contribution in [0, 0.1) is 22.7 Å². The van der Waals surface area contributed by atoms with E-state index < -0.39 is 10.1 Å². The molecule has 0 amide bonds. The number of hydrogen-bond donors (Lipinski definition) is 0. The highest BCUT2D eigenvalue weighted by atomic mass is 35.5. The topological polar surface area (TPSA) is 91.0 Å². The molecule has 0 N–H and O–H groups in total. The van der Waals surface area contributed by atoms with E-state index in [1.165, 1.54) is 30.3 Å². The molecule has 0 bridgehead atoms. The van der Waals surface area contributed by atoms with Crippen LogP contribution in [0.25, 0.3) is 6.08 Å². The van der Waals surface area contributed by atoms with Gasteiger partial charge in [0.05, 0.1) is 15.1 Å². The maximum Gasteiger partial charge on any atom is 0.339 e. The lowest BCUT2D eigenvalue weighted by Crippen LogP contribution is -2.11. The predicted octanol–water partition coefficient (Wildman–Crippen LogP) is 4.85. The van der Waals surface area contributed by atoms with Gasteiger partial charge in [-0.3, -0.25) is 0 Å². The predicted molar refractivity (Wildman–Crippen MR) is 94.9 cm³/mol. The Kier molecular flexibility index (Phi) is 5.94. The highest BCUT2D eigenvalue weighted by molar-refractivity contribution is 7.87. The average molecular weight is 414 g/mol. The van der Waals surface area contributed by atoms with Gasteiger partial charge in [-0.25, -0.2) is 0 Å². The second kappa shape index (κ2) is 7.77. The summed E-state index contributed by atoms with van der Waals surface area (Å²) >= 11 is 17.6. The molecule has 0 aliphatic heterocycles. The second-order valence-corrected chi connectivity index (χ2v) is 7.29. The highest BCUT2D eigenvalue weighted by Crippen LogP contribution is 2.35. The summed E-state index contributed by atoms with van der Waals surface area (Å²) in [5, 5.41) is 17.9. The molecule has 9 heteroatoms. The molecule has 0 aromatic heterocycles. The molecule has 0 radical (unpaired) electrons. The Morgan fingerprint density at radius 2 is 1.60 bits per heavy atom. The highest BCUT2D eigenvalue weighted by Gasteiger charge is 2.22. The monoisotopic (exact) mass is 412 g/mol. The van der Waals surface area contributed by atoms with E-state index in [0.717, 1.165) is 6.08 Å².